The first-order valence-corrected chi connectivity index (χ1v) is 16.9. The summed E-state index contributed by atoms with van der Waals surface area (Å²) in [5.41, 5.74) is 1.54. The molecule has 4 rings (SSSR count). The summed E-state index contributed by atoms with van der Waals surface area (Å²) in [6.07, 6.45) is 0.171. The second-order valence-electron chi connectivity index (χ2n) is 10.6. The molecule has 0 saturated carbocycles. The van der Waals surface area contributed by atoms with Crippen LogP contribution in [0.2, 0.25) is 20.1 Å². The van der Waals surface area contributed by atoms with Crippen molar-refractivity contribution in [3.63, 3.8) is 0 Å². The van der Waals surface area contributed by atoms with Crippen LogP contribution in [0.1, 0.15) is 25.0 Å². The van der Waals surface area contributed by atoms with E-state index in [1.54, 1.807) is 36.4 Å². The molecule has 0 saturated heterocycles. The second-order valence-corrected chi connectivity index (χ2v) is 14.1. The Labute approximate surface area is 283 Å². The minimum Gasteiger partial charge on any atom is -0.352 e. The van der Waals surface area contributed by atoms with Gasteiger partial charge < -0.3 is 10.2 Å². The summed E-state index contributed by atoms with van der Waals surface area (Å²) < 4.78 is 29.0. The van der Waals surface area contributed by atoms with Gasteiger partial charge in [-0.1, -0.05) is 101 Å². The Morgan fingerprint density at radius 1 is 0.733 bits per heavy atom. The first kappa shape index (κ1) is 34.6. The normalized spacial score (nSPS) is 12.1. The van der Waals surface area contributed by atoms with Crippen LogP contribution in [-0.4, -0.2) is 43.8 Å². The third kappa shape index (κ3) is 8.93. The smallest absolute Gasteiger partial charge is 0.264 e. The number of nitrogens with zero attached hydrogens (tertiary/aromatic N) is 2. The number of amides is 2. The van der Waals surface area contributed by atoms with Crippen molar-refractivity contribution >= 4 is 73.9 Å². The molecule has 1 atom stereocenters. The number of benzene rings is 4. The lowest BCUT2D eigenvalue weighted by atomic mass is 10.0. The van der Waals surface area contributed by atoms with Gasteiger partial charge in [-0.15, -0.1) is 0 Å². The molecule has 0 radical (unpaired) electrons. The fourth-order valence-electron chi connectivity index (χ4n) is 4.66. The highest BCUT2D eigenvalue weighted by atomic mass is 35.5. The Hall–Kier alpha value is -3.27. The van der Waals surface area contributed by atoms with Crippen LogP contribution in [0.4, 0.5) is 5.69 Å². The van der Waals surface area contributed by atoms with Crippen LogP contribution in [0.15, 0.2) is 102 Å². The van der Waals surface area contributed by atoms with Gasteiger partial charge in [0.25, 0.3) is 10.0 Å². The van der Waals surface area contributed by atoms with Crippen LogP contribution in [0.3, 0.4) is 0 Å². The van der Waals surface area contributed by atoms with Crippen molar-refractivity contribution < 1.29 is 18.0 Å². The zero-order chi connectivity index (χ0) is 32.7. The molecule has 4 aromatic carbocycles. The molecular formula is C33H31Cl4N3O4S. The summed E-state index contributed by atoms with van der Waals surface area (Å²) in [5.74, 6) is -1.03. The summed E-state index contributed by atoms with van der Waals surface area (Å²) in [4.78, 5) is 29.6. The summed E-state index contributed by atoms with van der Waals surface area (Å²) in [6.45, 7) is 2.94. The van der Waals surface area contributed by atoms with Crippen LogP contribution in [0.25, 0.3) is 0 Å². The molecule has 0 bridgehead atoms. The predicted octanol–water partition coefficient (Wildman–Crippen LogP) is 7.66. The van der Waals surface area contributed by atoms with Gasteiger partial charge in [-0.3, -0.25) is 13.9 Å². The van der Waals surface area contributed by atoms with E-state index in [-0.39, 0.29) is 44.7 Å². The van der Waals surface area contributed by atoms with Crippen LogP contribution >= 0.6 is 46.4 Å². The van der Waals surface area contributed by atoms with Crippen molar-refractivity contribution in [2.75, 3.05) is 10.8 Å². The highest BCUT2D eigenvalue weighted by Crippen LogP contribution is 2.31. The highest BCUT2D eigenvalue weighted by Gasteiger charge is 2.35. The number of hydrogen-bond acceptors (Lipinski definition) is 4. The standard InChI is InChI=1S/C33H31Cl4N3O4S/c1-22(2)38-33(42)31(18-23-9-5-3-6-10-23)39(20-24-13-15-27(34)29(36)17-24)32(41)21-40(25-14-16-28(35)30(37)19-25)45(43,44)26-11-7-4-8-12-26/h3-17,19,22,31H,18,20-21H2,1-2H3,(H,38,42)/t31-/m1/s1. The van der Waals surface area contributed by atoms with E-state index in [0.717, 1.165) is 9.87 Å². The molecule has 0 aromatic heterocycles. The van der Waals surface area contributed by atoms with Gasteiger partial charge >= 0.3 is 0 Å². The van der Waals surface area contributed by atoms with Gasteiger partial charge in [0.2, 0.25) is 11.8 Å². The van der Waals surface area contributed by atoms with Gasteiger partial charge in [0.05, 0.1) is 30.7 Å². The summed E-state index contributed by atoms with van der Waals surface area (Å²) in [5, 5.41) is 3.85. The lowest BCUT2D eigenvalue weighted by Crippen LogP contribution is -2.54. The molecule has 45 heavy (non-hydrogen) atoms. The van der Waals surface area contributed by atoms with Crippen molar-refractivity contribution in [2.45, 2.75) is 43.8 Å². The van der Waals surface area contributed by atoms with Crippen molar-refractivity contribution in [3.05, 3.63) is 128 Å². The largest absolute Gasteiger partial charge is 0.352 e. The van der Waals surface area contributed by atoms with Gasteiger partial charge in [0, 0.05) is 19.0 Å². The maximum Gasteiger partial charge on any atom is 0.264 e. The van der Waals surface area contributed by atoms with Crippen molar-refractivity contribution in [1.82, 2.24) is 10.2 Å². The molecular weight excluding hydrogens is 676 g/mol. The molecule has 7 nitrogen and oxygen atoms in total. The zero-order valence-electron chi connectivity index (χ0n) is 24.5. The molecule has 1 N–H and O–H groups in total. The fourth-order valence-corrected chi connectivity index (χ4v) is 6.70. The van der Waals surface area contributed by atoms with Gasteiger partial charge in [-0.25, -0.2) is 8.42 Å². The van der Waals surface area contributed by atoms with E-state index in [9.17, 15) is 18.0 Å². The molecule has 236 valence electrons. The Bertz CT molecular complexity index is 1760. The Morgan fingerprint density at radius 3 is 1.89 bits per heavy atom. The summed E-state index contributed by atoms with van der Waals surface area (Å²) in [7, 11) is -4.28. The van der Waals surface area contributed by atoms with E-state index in [1.807, 2.05) is 44.2 Å². The van der Waals surface area contributed by atoms with Crippen LogP contribution in [-0.2, 0) is 32.6 Å². The third-order valence-corrected chi connectivity index (χ3v) is 10.1. The molecule has 0 spiro atoms. The highest BCUT2D eigenvalue weighted by molar-refractivity contribution is 7.92. The quantitative estimate of drug-likeness (QED) is 0.164. The lowest BCUT2D eigenvalue weighted by Gasteiger charge is -2.34. The number of carbonyl (C=O) groups is 2. The molecule has 0 heterocycles. The van der Waals surface area contributed by atoms with Gasteiger partial charge in [-0.2, -0.15) is 0 Å². The Kier molecular flexibility index (Phi) is 11.8. The third-order valence-electron chi connectivity index (χ3n) is 6.84. The summed E-state index contributed by atoms with van der Waals surface area (Å²) >= 11 is 24.9. The number of carbonyl (C=O) groups excluding carboxylic acids is 2. The first-order valence-electron chi connectivity index (χ1n) is 14.0. The maximum atomic E-state index is 14.5. The van der Waals surface area contributed by atoms with E-state index < -0.39 is 34.4 Å². The maximum absolute atomic E-state index is 14.5. The molecule has 0 aliphatic heterocycles. The van der Waals surface area contributed by atoms with Gasteiger partial charge in [0.15, 0.2) is 0 Å². The summed E-state index contributed by atoms with van der Waals surface area (Å²) in [6, 6.07) is 25.0. The monoisotopic (exact) mass is 705 g/mol. The second kappa shape index (κ2) is 15.3. The van der Waals surface area contributed by atoms with Crippen molar-refractivity contribution in [2.24, 2.45) is 0 Å². The average molecular weight is 708 g/mol. The minimum atomic E-state index is -4.28. The van der Waals surface area contributed by atoms with Gasteiger partial charge in [0.1, 0.15) is 12.6 Å². The van der Waals surface area contributed by atoms with E-state index in [0.29, 0.717) is 10.6 Å². The van der Waals surface area contributed by atoms with Crippen LogP contribution in [0, 0.1) is 0 Å². The SMILES string of the molecule is CC(C)NC(=O)[C@@H](Cc1ccccc1)N(Cc1ccc(Cl)c(Cl)c1)C(=O)CN(c1ccc(Cl)c(Cl)c1)S(=O)(=O)c1ccccc1. The molecule has 0 fully saturated rings. The molecule has 4 aromatic rings. The number of rotatable bonds is 12. The Morgan fingerprint density at radius 2 is 1.31 bits per heavy atom. The average Bonchev–Trinajstić information content (AvgIpc) is 3.01. The zero-order valence-corrected chi connectivity index (χ0v) is 28.3. The molecule has 0 aliphatic rings. The molecule has 0 unspecified atom stereocenters. The Balaban J connectivity index is 1.83. The minimum absolute atomic E-state index is 0.0294. The lowest BCUT2D eigenvalue weighted by molar-refractivity contribution is -0.140. The van der Waals surface area contributed by atoms with Gasteiger partial charge in [-0.05, 0) is 67.4 Å². The number of anilines is 1. The number of hydrogen-bond donors (Lipinski definition) is 1. The first-order chi connectivity index (χ1) is 21.4. The van der Waals surface area contributed by atoms with E-state index in [2.05, 4.69) is 5.32 Å². The fraction of sp³-hybridized carbons (Fsp3) is 0.212. The number of halogens is 4. The van der Waals surface area contributed by atoms with E-state index in [1.165, 1.54) is 35.2 Å². The topological polar surface area (TPSA) is 86.8 Å². The van der Waals surface area contributed by atoms with Crippen molar-refractivity contribution in [3.8, 4) is 0 Å². The molecule has 0 aliphatic carbocycles. The van der Waals surface area contributed by atoms with E-state index in [4.69, 9.17) is 46.4 Å². The van der Waals surface area contributed by atoms with E-state index >= 15 is 0 Å². The van der Waals surface area contributed by atoms with Crippen LogP contribution < -0.4 is 9.62 Å². The number of nitrogens with one attached hydrogen (secondary N) is 1. The predicted molar refractivity (Wildman–Crippen MR) is 182 cm³/mol. The van der Waals surface area contributed by atoms with Crippen molar-refractivity contribution in [1.29, 1.82) is 0 Å². The molecule has 12 heteroatoms. The number of sulfonamides is 1. The molecule has 2 amide bonds. The van der Waals surface area contributed by atoms with Crippen LogP contribution in [0.5, 0.6) is 0 Å².